The lowest BCUT2D eigenvalue weighted by Gasteiger charge is -2.18. The number of fused-ring (bicyclic) bond motifs is 1. The number of aliphatic carboxylic acids is 1. The molecular weight excluding hydrogens is 443 g/mol. The normalized spacial score (nSPS) is 12.5. The molecule has 0 aromatic heterocycles. The molecule has 0 bridgehead atoms. The van der Waals surface area contributed by atoms with Gasteiger partial charge in [-0.2, -0.15) is 0 Å². The molecule has 6 heteroatoms. The maximum absolute atomic E-state index is 14.6. The van der Waals surface area contributed by atoms with Crippen LogP contribution in [-0.4, -0.2) is 16.7 Å². The predicted molar refractivity (Wildman–Crippen MR) is 135 cm³/mol. The highest BCUT2D eigenvalue weighted by molar-refractivity contribution is 6.30. The smallest absolute Gasteiger partial charge is 0.303 e. The summed E-state index contributed by atoms with van der Waals surface area (Å²) >= 11 is 6.21. The van der Waals surface area contributed by atoms with E-state index in [-0.39, 0.29) is 30.8 Å². The first-order chi connectivity index (χ1) is 15.7. The lowest BCUT2D eigenvalue weighted by atomic mass is 10.0. The fourth-order valence-electron chi connectivity index (χ4n) is 3.33. The predicted octanol–water partition coefficient (Wildman–Crippen LogP) is 8.18. The van der Waals surface area contributed by atoms with Crippen molar-refractivity contribution in [2.45, 2.75) is 93.8 Å². The molecule has 0 unspecified atom stereocenters. The molecule has 1 aliphatic heterocycles. The topological polar surface area (TPSA) is 55.8 Å². The largest absolute Gasteiger partial charge is 0.487 e. The van der Waals surface area contributed by atoms with Gasteiger partial charge in [0.25, 0.3) is 0 Å². The van der Waals surface area contributed by atoms with Crippen LogP contribution in [0.15, 0.2) is 24.3 Å². The van der Waals surface area contributed by atoms with Crippen molar-refractivity contribution in [3.63, 3.8) is 0 Å². The Hall–Kier alpha value is -2.27. The van der Waals surface area contributed by atoms with Crippen molar-refractivity contribution in [3.8, 4) is 11.5 Å². The SMILES string of the molecule is CC.CC.CC.Cc1c(CCC(=O)O)ccc(OCc2cc(Cl)cc3c2OC(C)(C)C3)c1F. The van der Waals surface area contributed by atoms with Crippen LogP contribution in [0.25, 0.3) is 0 Å². The number of hydrogen-bond donors (Lipinski definition) is 1. The van der Waals surface area contributed by atoms with E-state index in [0.29, 0.717) is 16.1 Å². The molecule has 0 fully saturated rings. The summed E-state index contributed by atoms with van der Waals surface area (Å²) in [5, 5.41) is 9.39. The van der Waals surface area contributed by atoms with Gasteiger partial charge in [0.05, 0.1) is 0 Å². The Morgan fingerprint density at radius 3 is 2.30 bits per heavy atom. The van der Waals surface area contributed by atoms with Crippen molar-refractivity contribution < 1.29 is 23.8 Å². The summed E-state index contributed by atoms with van der Waals surface area (Å²) in [6.45, 7) is 17.8. The Balaban J connectivity index is 0.00000158. The first-order valence-corrected chi connectivity index (χ1v) is 12.2. The minimum atomic E-state index is -0.909. The summed E-state index contributed by atoms with van der Waals surface area (Å²) in [6, 6.07) is 6.90. The van der Waals surface area contributed by atoms with Gasteiger partial charge in [0.2, 0.25) is 0 Å². The van der Waals surface area contributed by atoms with Gasteiger partial charge in [-0.3, -0.25) is 4.79 Å². The maximum atomic E-state index is 14.6. The third-order valence-electron chi connectivity index (χ3n) is 4.66. The molecule has 1 aliphatic rings. The van der Waals surface area contributed by atoms with Crippen molar-refractivity contribution in [2.24, 2.45) is 0 Å². The molecule has 0 saturated heterocycles. The van der Waals surface area contributed by atoms with Gasteiger partial charge >= 0.3 is 5.97 Å². The van der Waals surface area contributed by atoms with E-state index in [4.69, 9.17) is 26.2 Å². The average Bonchev–Trinajstić information content (AvgIpc) is 3.11. The Kier molecular flexibility index (Phi) is 13.8. The molecule has 0 atom stereocenters. The lowest BCUT2D eigenvalue weighted by molar-refractivity contribution is -0.136. The molecule has 0 spiro atoms. The van der Waals surface area contributed by atoms with Crippen LogP contribution in [0.3, 0.4) is 0 Å². The van der Waals surface area contributed by atoms with Gasteiger partial charge in [0.15, 0.2) is 11.6 Å². The van der Waals surface area contributed by atoms with E-state index in [0.717, 1.165) is 23.3 Å². The number of hydrogen-bond acceptors (Lipinski definition) is 3. The van der Waals surface area contributed by atoms with Crippen LogP contribution >= 0.6 is 11.6 Å². The zero-order chi connectivity index (χ0) is 25.8. The lowest BCUT2D eigenvalue weighted by Crippen LogP contribution is -2.25. The second kappa shape index (κ2) is 14.8. The van der Waals surface area contributed by atoms with Crippen LogP contribution in [0, 0.1) is 12.7 Å². The highest BCUT2D eigenvalue weighted by atomic mass is 35.5. The van der Waals surface area contributed by atoms with E-state index in [1.807, 2.05) is 61.5 Å². The summed E-state index contributed by atoms with van der Waals surface area (Å²) in [7, 11) is 0. The monoisotopic (exact) mass is 482 g/mol. The van der Waals surface area contributed by atoms with Crippen LogP contribution in [0.2, 0.25) is 5.02 Å². The first kappa shape index (κ1) is 30.7. The number of halogens is 2. The molecule has 0 saturated carbocycles. The van der Waals surface area contributed by atoms with Crippen molar-refractivity contribution in [3.05, 3.63) is 57.4 Å². The quantitative estimate of drug-likeness (QED) is 0.451. The molecule has 0 aliphatic carbocycles. The van der Waals surface area contributed by atoms with E-state index in [1.165, 1.54) is 6.07 Å². The second-order valence-corrected chi connectivity index (χ2v) is 7.87. The summed E-state index contributed by atoms with van der Waals surface area (Å²) in [6.07, 6.45) is 0.993. The number of aryl methyl sites for hydroxylation is 1. The van der Waals surface area contributed by atoms with E-state index in [2.05, 4.69) is 0 Å². The summed E-state index contributed by atoms with van der Waals surface area (Å²) in [5.41, 5.74) is 2.55. The molecule has 0 radical (unpaired) electrons. The number of ether oxygens (including phenoxy) is 2. The van der Waals surface area contributed by atoms with E-state index < -0.39 is 11.8 Å². The van der Waals surface area contributed by atoms with Gasteiger partial charge in [-0.25, -0.2) is 4.39 Å². The van der Waals surface area contributed by atoms with E-state index in [9.17, 15) is 9.18 Å². The van der Waals surface area contributed by atoms with Gasteiger partial charge in [-0.05, 0) is 62.1 Å². The number of rotatable bonds is 6. The highest BCUT2D eigenvalue weighted by Crippen LogP contribution is 2.40. The van der Waals surface area contributed by atoms with Crippen LogP contribution in [0.4, 0.5) is 4.39 Å². The van der Waals surface area contributed by atoms with E-state index in [1.54, 1.807) is 19.1 Å². The molecule has 0 amide bonds. The van der Waals surface area contributed by atoms with Gasteiger partial charge in [-0.1, -0.05) is 59.2 Å². The van der Waals surface area contributed by atoms with Crippen molar-refractivity contribution >= 4 is 17.6 Å². The number of benzene rings is 2. The van der Waals surface area contributed by atoms with E-state index >= 15 is 0 Å². The molecule has 2 aromatic rings. The maximum Gasteiger partial charge on any atom is 0.303 e. The Bertz CT molecular complexity index is 894. The van der Waals surface area contributed by atoms with Crippen LogP contribution in [0.1, 0.15) is 84.1 Å². The van der Waals surface area contributed by atoms with Crippen LogP contribution in [-0.2, 0) is 24.2 Å². The second-order valence-electron chi connectivity index (χ2n) is 7.44. The fourth-order valence-corrected chi connectivity index (χ4v) is 3.60. The molecule has 3 rings (SSSR count). The van der Waals surface area contributed by atoms with Crippen LogP contribution < -0.4 is 9.47 Å². The van der Waals surface area contributed by atoms with Gasteiger partial charge in [0.1, 0.15) is 18.0 Å². The summed E-state index contributed by atoms with van der Waals surface area (Å²) in [5.74, 6) is -0.511. The Morgan fingerprint density at radius 1 is 1.12 bits per heavy atom. The summed E-state index contributed by atoms with van der Waals surface area (Å²) in [4.78, 5) is 10.7. The number of carboxylic acid groups (broad SMARTS) is 1. The third kappa shape index (κ3) is 8.88. The average molecular weight is 483 g/mol. The first-order valence-electron chi connectivity index (χ1n) is 11.8. The zero-order valence-corrected chi connectivity index (χ0v) is 22.3. The fraction of sp³-hybridized carbons (Fsp3) is 0.519. The zero-order valence-electron chi connectivity index (χ0n) is 21.6. The van der Waals surface area contributed by atoms with Gasteiger partial charge in [0, 0.05) is 23.4 Å². The third-order valence-corrected chi connectivity index (χ3v) is 4.87. The van der Waals surface area contributed by atoms with Crippen molar-refractivity contribution in [1.29, 1.82) is 0 Å². The number of carboxylic acids is 1. The van der Waals surface area contributed by atoms with Gasteiger partial charge < -0.3 is 14.6 Å². The Labute approximate surface area is 204 Å². The molecule has 186 valence electrons. The molecule has 33 heavy (non-hydrogen) atoms. The molecular formula is C27H40ClFO4. The van der Waals surface area contributed by atoms with Crippen molar-refractivity contribution in [2.75, 3.05) is 0 Å². The van der Waals surface area contributed by atoms with Gasteiger partial charge in [-0.15, -0.1) is 0 Å². The summed E-state index contributed by atoms with van der Waals surface area (Å²) < 4.78 is 26.3. The Morgan fingerprint density at radius 2 is 1.73 bits per heavy atom. The minimum absolute atomic E-state index is 0.0394. The van der Waals surface area contributed by atoms with Crippen molar-refractivity contribution in [1.82, 2.24) is 0 Å². The number of carbonyl (C=O) groups is 1. The molecule has 4 nitrogen and oxygen atoms in total. The van der Waals surface area contributed by atoms with Crippen LogP contribution in [0.5, 0.6) is 11.5 Å². The minimum Gasteiger partial charge on any atom is -0.487 e. The molecule has 1 heterocycles. The highest BCUT2D eigenvalue weighted by Gasteiger charge is 2.32. The standard InChI is InChI=1S/C21H22ClFO4.3C2H6/c1-12-13(5-7-18(24)25)4-6-17(19(12)23)26-11-15-9-16(22)8-14-10-21(2,3)27-20(14)15;3*1-2/h4,6,8-9H,5,7,10-11H2,1-3H3,(H,24,25);3*1-2H3. The molecule has 1 N–H and O–H groups in total. The molecule has 2 aromatic carbocycles.